The summed E-state index contributed by atoms with van der Waals surface area (Å²) in [5.41, 5.74) is 6.01. The molecule has 10 heavy (non-hydrogen) atoms. The fourth-order valence-electron chi connectivity index (χ4n) is 0.703. The summed E-state index contributed by atoms with van der Waals surface area (Å²) in [6, 6.07) is 0. The highest BCUT2D eigenvalue weighted by Gasteiger charge is 1.73. The first-order valence-electron chi connectivity index (χ1n) is 3.47. The molecule has 0 fully saturated rings. The molecule has 0 radical (unpaired) electrons. The van der Waals surface area contributed by atoms with Gasteiger partial charge in [0.15, 0.2) is 0 Å². The van der Waals surface area contributed by atoms with Crippen molar-refractivity contribution in [1.82, 2.24) is 0 Å². The van der Waals surface area contributed by atoms with Crippen molar-refractivity contribution in [3.05, 3.63) is 47.9 Å². The topological polar surface area (TPSA) is 0 Å². The van der Waals surface area contributed by atoms with Crippen LogP contribution in [0.15, 0.2) is 47.9 Å². The van der Waals surface area contributed by atoms with E-state index in [4.69, 9.17) is 0 Å². The first-order chi connectivity index (χ1) is 5.00. The van der Waals surface area contributed by atoms with E-state index in [1.54, 1.807) is 0 Å². The maximum absolute atomic E-state index is 3.03. The van der Waals surface area contributed by atoms with Crippen molar-refractivity contribution >= 4 is 0 Å². The molecule has 0 aromatic heterocycles. The molecule has 0 nitrogen and oxygen atoms in total. The average molecular weight is 130 g/mol. The predicted molar refractivity (Wildman–Crippen MR) is 43.7 cm³/mol. The van der Waals surface area contributed by atoms with Gasteiger partial charge in [0.25, 0.3) is 0 Å². The fourth-order valence-corrected chi connectivity index (χ4v) is 0.703. The van der Waals surface area contributed by atoms with Gasteiger partial charge in [0.1, 0.15) is 0 Å². The van der Waals surface area contributed by atoms with Crippen molar-refractivity contribution in [3.63, 3.8) is 0 Å². The Hall–Kier alpha value is -1.22. The Morgan fingerprint density at radius 3 is 2.80 bits per heavy atom. The molecule has 0 aliphatic heterocycles. The van der Waals surface area contributed by atoms with Gasteiger partial charge in [0.05, 0.1) is 0 Å². The van der Waals surface area contributed by atoms with E-state index in [0.29, 0.717) is 0 Å². The largest absolute Gasteiger partial charge is 0.125 e. The third-order valence-electron chi connectivity index (χ3n) is 1.20. The van der Waals surface area contributed by atoms with Crippen molar-refractivity contribution < 1.29 is 0 Å². The quantitative estimate of drug-likeness (QED) is 0.442. The summed E-state index contributed by atoms with van der Waals surface area (Å²) in [7, 11) is 0. The lowest BCUT2D eigenvalue weighted by Crippen LogP contribution is -1.62. The molecule has 1 aliphatic carbocycles. The highest BCUT2D eigenvalue weighted by atomic mass is 13.8. The first-order valence-corrected chi connectivity index (χ1v) is 3.47. The molecular formula is C10H10. The summed E-state index contributed by atoms with van der Waals surface area (Å²) in [6.07, 6.45) is 14.0. The molecule has 0 aromatic carbocycles. The van der Waals surface area contributed by atoms with Gasteiger partial charge >= 0.3 is 0 Å². The van der Waals surface area contributed by atoms with Gasteiger partial charge in [0, 0.05) is 0 Å². The zero-order valence-electron chi connectivity index (χ0n) is 5.88. The van der Waals surface area contributed by atoms with Gasteiger partial charge in [-0.15, -0.1) is 11.5 Å². The molecule has 0 heterocycles. The van der Waals surface area contributed by atoms with E-state index < -0.39 is 0 Å². The molecule has 1 aliphatic rings. The van der Waals surface area contributed by atoms with Gasteiger partial charge in [-0.3, -0.25) is 0 Å². The number of rotatable bonds is 0. The van der Waals surface area contributed by atoms with E-state index in [0.717, 1.165) is 12.8 Å². The normalized spacial score (nSPS) is 16.0. The van der Waals surface area contributed by atoms with Crippen LogP contribution in [0.2, 0.25) is 0 Å². The summed E-state index contributed by atoms with van der Waals surface area (Å²) < 4.78 is 0. The lowest BCUT2D eigenvalue weighted by atomic mass is 10.2. The number of hydrogen-bond donors (Lipinski definition) is 0. The molecule has 0 aromatic rings. The van der Waals surface area contributed by atoms with Crippen LogP contribution in [0.5, 0.6) is 0 Å². The number of hydrogen-bond acceptors (Lipinski definition) is 0. The molecule has 0 unspecified atom stereocenters. The van der Waals surface area contributed by atoms with Crippen molar-refractivity contribution in [3.8, 4) is 0 Å². The molecule has 1 rings (SSSR count). The summed E-state index contributed by atoms with van der Waals surface area (Å²) in [4.78, 5) is 0. The van der Waals surface area contributed by atoms with E-state index in [1.807, 2.05) is 30.4 Å². The third-order valence-corrected chi connectivity index (χ3v) is 1.20. The molecular weight excluding hydrogens is 120 g/mol. The predicted octanol–water partition coefficient (Wildman–Crippen LogP) is 2.76. The summed E-state index contributed by atoms with van der Waals surface area (Å²) in [5, 5.41) is 0. The Labute approximate surface area is 61.6 Å². The molecule has 0 atom stereocenters. The molecule has 50 valence electrons. The summed E-state index contributed by atoms with van der Waals surface area (Å²) >= 11 is 0. The monoisotopic (exact) mass is 130 g/mol. The van der Waals surface area contributed by atoms with Gasteiger partial charge in [-0.05, 0) is 37.1 Å². The molecule has 0 amide bonds. The van der Waals surface area contributed by atoms with Crippen LogP contribution in [0.4, 0.5) is 0 Å². The van der Waals surface area contributed by atoms with Crippen molar-refractivity contribution in [2.24, 2.45) is 0 Å². The molecule has 0 heteroatoms. The van der Waals surface area contributed by atoms with Gasteiger partial charge in [-0.25, -0.2) is 0 Å². The van der Waals surface area contributed by atoms with Gasteiger partial charge < -0.3 is 0 Å². The van der Waals surface area contributed by atoms with Crippen LogP contribution < -0.4 is 0 Å². The molecule has 0 N–H and O–H groups in total. The minimum absolute atomic E-state index is 1.08. The van der Waals surface area contributed by atoms with E-state index >= 15 is 0 Å². The Kier molecular flexibility index (Phi) is 3.20. The fraction of sp³-hybridized carbons (Fsp3) is 0.200. The van der Waals surface area contributed by atoms with Crippen molar-refractivity contribution in [2.45, 2.75) is 12.8 Å². The lowest BCUT2D eigenvalue weighted by molar-refractivity contribution is 1.05. The molecule has 0 saturated carbocycles. The van der Waals surface area contributed by atoms with Crippen molar-refractivity contribution in [1.29, 1.82) is 0 Å². The van der Waals surface area contributed by atoms with Gasteiger partial charge in [-0.2, -0.15) is 0 Å². The van der Waals surface area contributed by atoms with Crippen LogP contribution in [-0.4, -0.2) is 0 Å². The molecule has 0 bridgehead atoms. The molecule has 0 spiro atoms. The smallest absolute Gasteiger partial charge is 0.0123 e. The van der Waals surface area contributed by atoms with Crippen LogP contribution in [-0.2, 0) is 0 Å². The zero-order chi connectivity index (χ0) is 7.07. The second kappa shape index (κ2) is 4.64. The lowest BCUT2D eigenvalue weighted by Gasteiger charge is -1.81. The minimum Gasteiger partial charge on any atom is -0.125 e. The Morgan fingerprint density at radius 1 is 0.900 bits per heavy atom. The third kappa shape index (κ3) is 2.94. The first kappa shape index (κ1) is 6.89. The standard InChI is InChI=1S/C10H10/c1-2-4-6-8-10-9-7-5-3-1/h1-3,7-9H,4,6H2. The van der Waals surface area contributed by atoms with Crippen LogP contribution in [0.1, 0.15) is 12.8 Å². The summed E-state index contributed by atoms with van der Waals surface area (Å²) in [5.74, 6) is 0. The highest BCUT2D eigenvalue weighted by molar-refractivity contribution is 5.09. The SMILES string of the molecule is C1=CC=C=CCCC=CC=1. The molecule has 0 saturated heterocycles. The summed E-state index contributed by atoms with van der Waals surface area (Å²) in [6.45, 7) is 0. The van der Waals surface area contributed by atoms with Gasteiger partial charge in [-0.1, -0.05) is 12.2 Å². The van der Waals surface area contributed by atoms with Crippen molar-refractivity contribution in [2.75, 3.05) is 0 Å². The second-order valence-corrected chi connectivity index (χ2v) is 2.04. The highest BCUT2D eigenvalue weighted by Crippen LogP contribution is 1.92. The maximum Gasteiger partial charge on any atom is -0.0123 e. The van der Waals surface area contributed by atoms with E-state index in [-0.39, 0.29) is 0 Å². The Bertz CT molecular complexity index is 229. The van der Waals surface area contributed by atoms with E-state index in [1.165, 1.54) is 0 Å². The second-order valence-electron chi connectivity index (χ2n) is 2.04. The van der Waals surface area contributed by atoms with Crippen LogP contribution in [0.3, 0.4) is 0 Å². The van der Waals surface area contributed by atoms with Crippen LogP contribution in [0.25, 0.3) is 0 Å². The van der Waals surface area contributed by atoms with E-state index in [9.17, 15) is 0 Å². The zero-order valence-corrected chi connectivity index (χ0v) is 5.88. The van der Waals surface area contributed by atoms with E-state index in [2.05, 4.69) is 17.5 Å². The van der Waals surface area contributed by atoms with Crippen LogP contribution >= 0.6 is 0 Å². The Balaban J connectivity index is 2.73. The minimum atomic E-state index is 1.08. The van der Waals surface area contributed by atoms with Gasteiger partial charge in [0.2, 0.25) is 0 Å². The Morgan fingerprint density at radius 2 is 1.80 bits per heavy atom. The maximum atomic E-state index is 3.03. The average Bonchev–Trinajstić information content (AvgIpc) is 2.01. The van der Waals surface area contributed by atoms with Crippen LogP contribution in [0, 0.1) is 0 Å². The number of allylic oxidation sites excluding steroid dienone is 4.